The van der Waals surface area contributed by atoms with Gasteiger partial charge in [0.1, 0.15) is 11.3 Å². The number of phenolic OH excluding ortho intramolecular Hbond substituents is 1. The van der Waals surface area contributed by atoms with Crippen LogP contribution in [0.2, 0.25) is 0 Å². The topological polar surface area (TPSA) is 118 Å². The van der Waals surface area contributed by atoms with Gasteiger partial charge < -0.3 is 25.6 Å². The molecule has 8 heteroatoms. The van der Waals surface area contributed by atoms with Gasteiger partial charge in [0.2, 0.25) is 5.91 Å². The maximum absolute atomic E-state index is 11.7. The third-order valence-electron chi connectivity index (χ3n) is 6.34. The summed E-state index contributed by atoms with van der Waals surface area (Å²) >= 11 is 0.945. The number of aromatic nitrogens is 1. The van der Waals surface area contributed by atoms with E-state index in [2.05, 4.69) is 39.9 Å². The van der Waals surface area contributed by atoms with Crippen molar-refractivity contribution in [1.82, 2.24) is 15.6 Å². The Bertz CT molecular complexity index is 1120. The minimum absolute atomic E-state index is 0.0321. The lowest BCUT2D eigenvalue weighted by atomic mass is 9.95. The molecule has 0 spiro atoms. The molecule has 1 saturated carbocycles. The van der Waals surface area contributed by atoms with E-state index in [1.54, 1.807) is 6.07 Å². The molecule has 1 aromatic heterocycles. The summed E-state index contributed by atoms with van der Waals surface area (Å²) in [6.07, 6.45) is 8.14. The summed E-state index contributed by atoms with van der Waals surface area (Å²) in [4.78, 5) is 14.0. The summed E-state index contributed by atoms with van der Waals surface area (Å²) < 4.78 is 0.531. The van der Waals surface area contributed by atoms with Gasteiger partial charge in [-0.3, -0.25) is 10.1 Å². The highest BCUT2D eigenvalue weighted by Crippen LogP contribution is 2.29. The molecule has 6 N–H and O–H groups in total. The molecule has 3 aromatic rings. The van der Waals surface area contributed by atoms with Crippen LogP contribution in [0.3, 0.4) is 0 Å². The van der Waals surface area contributed by atoms with E-state index in [-0.39, 0.29) is 17.0 Å². The number of H-pyrrole nitrogens is 1. The highest BCUT2D eigenvalue weighted by molar-refractivity contribution is 7.16. The van der Waals surface area contributed by atoms with Crippen molar-refractivity contribution >= 4 is 21.6 Å². The van der Waals surface area contributed by atoms with E-state index >= 15 is 0 Å². The van der Waals surface area contributed by atoms with Crippen LogP contribution in [0.15, 0.2) is 41.2 Å². The van der Waals surface area contributed by atoms with Gasteiger partial charge in [0.15, 0.2) is 0 Å². The SMILES string of the molecule is O=c1[nH]c2c(O)ccc(CC(O)(O)NCCc3cccc(CCNC4CCCCC4)c3)c2s1. The third kappa shape index (κ3) is 6.65. The number of aromatic hydroxyl groups is 1. The van der Waals surface area contributed by atoms with E-state index < -0.39 is 5.91 Å². The molecule has 0 radical (unpaired) electrons. The lowest BCUT2D eigenvalue weighted by Gasteiger charge is -2.23. The van der Waals surface area contributed by atoms with Crippen molar-refractivity contribution in [2.75, 3.05) is 13.1 Å². The van der Waals surface area contributed by atoms with Crippen LogP contribution in [0.5, 0.6) is 5.75 Å². The first kappa shape index (κ1) is 23.9. The van der Waals surface area contributed by atoms with E-state index in [4.69, 9.17) is 0 Å². The van der Waals surface area contributed by atoms with E-state index in [1.807, 2.05) is 0 Å². The van der Waals surface area contributed by atoms with E-state index in [0.717, 1.165) is 29.9 Å². The van der Waals surface area contributed by atoms with Gasteiger partial charge in [0.25, 0.3) is 0 Å². The average Bonchev–Trinajstić information content (AvgIpc) is 3.19. The standard InChI is InChI=1S/C25H33N3O4S/c29-21-10-9-19(23-22(21)28-24(30)33-23)16-25(31,32)27-14-12-18-6-4-5-17(15-18)11-13-26-20-7-2-1-3-8-20/h4-6,9-10,15,20,26-27,29,31-32H,1-3,7-8,11-14,16H2,(H,28,30). The molecule has 1 aliphatic rings. The Morgan fingerprint density at radius 2 is 1.76 bits per heavy atom. The van der Waals surface area contributed by atoms with Crippen LogP contribution in [-0.2, 0) is 19.3 Å². The van der Waals surface area contributed by atoms with Crippen LogP contribution in [0, 0.1) is 0 Å². The number of hydrogen-bond acceptors (Lipinski definition) is 7. The number of hydrogen-bond donors (Lipinski definition) is 6. The molecule has 0 atom stereocenters. The lowest BCUT2D eigenvalue weighted by Crippen LogP contribution is -2.47. The Morgan fingerprint density at radius 1 is 1.03 bits per heavy atom. The first-order valence-corrected chi connectivity index (χ1v) is 12.6. The van der Waals surface area contributed by atoms with Gasteiger partial charge in [-0.15, -0.1) is 0 Å². The molecule has 4 rings (SSSR count). The van der Waals surface area contributed by atoms with Crippen molar-refractivity contribution in [2.45, 2.75) is 63.3 Å². The van der Waals surface area contributed by atoms with Crippen LogP contribution in [0.25, 0.3) is 10.2 Å². The summed E-state index contributed by atoms with van der Waals surface area (Å²) in [5.41, 5.74) is 3.33. The fourth-order valence-corrected chi connectivity index (χ4v) is 5.48. The minimum atomic E-state index is -2.13. The molecule has 1 fully saturated rings. The van der Waals surface area contributed by atoms with Crippen molar-refractivity contribution in [1.29, 1.82) is 0 Å². The molecule has 33 heavy (non-hydrogen) atoms. The fourth-order valence-electron chi connectivity index (χ4n) is 4.62. The van der Waals surface area contributed by atoms with Crippen molar-refractivity contribution < 1.29 is 15.3 Å². The van der Waals surface area contributed by atoms with E-state index in [1.165, 1.54) is 43.7 Å². The summed E-state index contributed by atoms with van der Waals surface area (Å²) in [6.45, 7) is 1.37. The van der Waals surface area contributed by atoms with Crippen LogP contribution in [0.1, 0.15) is 48.8 Å². The molecule has 178 valence electrons. The largest absolute Gasteiger partial charge is 0.506 e. The molecule has 0 unspecified atom stereocenters. The molecule has 0 amide bonds. The van der Waals surface area contributed by atoms with Gasteiger partial charge in [-0.1, -0.05) is 60.9 Å². The molecular weight excluding hydrogens is 438 g/mol. The maximum atomic E-state index is 11.7. The second kappa shape index (κ2) is 10.8. The van der Waals surface area contributed by atoms with Crippen LogP contribution < -0.4 is 15.5 Å². The third-order valence-corrected chi connectivity index (χ3v) is 7.30. The van der Waals surface area contributed by atoms with Crippen molar-refractivity contribution in [2.24, 2.45) is 0 Å². The minimum Gasteiger partial charge on any atom is -0.506 e. The van der Waals surface area contributed by atoms with E-state index in [9.17, 15) is 20.1 Å². The zero-order chi connectivity index (χ0) is 23.3. The number of nitrogens with one attached hydrogen (secondary N) is 3. The predicted molar refractivity (Wildman–Crippen MR) is 132 cm³/mol. The first-order valence-electron chi connectivity index (χ1n) is 11.7. The first-order chi connectivity index (χ1) is 15.9. The number of fused-ring (bicyclic) bond motifs is 1. The van der Waals surface area contributed by atoms with Crippen LogP contribution in [0.4, 0.5) is 0 Å². The van der Waals surface area contributed by atoms with Crippen molar-refractivity contribution in [3.05, 3.63) is 62.8 Å². The summed E-state index contributed by atoms with van der Waals surface area (Å²) in [7, 11) is 0. The Morgan fingerprint density at radius 3 is 2.52 bits per heavy atom. The number of phenols is 1. The van der Waals surface area contributed by atoms with Gasteiger partial charge in [-0.05, 0) is 55.0 Å². The number of aromatic amines is 1. The molecule has 0 bridgehead atoms. The summed E-state index contributed by atoms with van der Waals surface area (Å²) in [5, 5.41) is 37.3. The van der Waals surface area contributed by atoms with Crippen LogP contribution >= 0.6 is 11.3 Å². The summed E-state index contributed by atoms with van der Waals surface area (Å²) in [6, 6.07) is 12.1. The number of thiazole rings is 1. The second-order valence-corrected chi connectivity index (χ2v) is 9.97. The normalized spacial score (nSPS) is 15.3. The highest BCUT2D eigenvalue weighted by Gasteiger charge is 2.25. The van der Waals surface area contributed by atoms with Gasteiger partial charge in [0.05, 0.1) is 4.70 Å². The molecule has 0 saturated heterocycles. The quantitative estimate of drug-likeness (QED) is 0.253. The highest BCUT2D eigenvalue weighted by atomic mass is 32.1. The molecule has 7 nitrogen and oxygen atoms in total. The average molecular weight is 472 g/mol. The lowest BCUT2D eigenvalue weighted by molar-refractivity contribution is -0.183. The zero-order valence-electron chi connectivity index (χ0n) is 18.8. The molecular formula is C25H33N3O4S. The number of rotatable bonds is 10. The van der Waals surface area contributed by atoms with Crippen molar-refractivity contribution in [3.63, 3.8) is 0 Å². The molecule has 1 heterocycles. The number of benzene rings is 2. The molecule has 0 aliphatic heterocycles. The Balaban J connectivity index is 1.27. The van der Waals surface area contributed by atoms with Crippen LogP contribution in [-0.4, -0.2) is 45.3 Å². The smallest absolute Gasteiger partial charge is 0.305 e. The van der Waals surface area contributed by atoms with Gasteiger partial charge in [0, 0.05) is 19.0 Å². The molecule has 2 aromatic carbocycles. The van der Waals surface area contributed by atoms with Gasteiger partial charge in [-0.2, -0.15) is 0 Å². The Hall–Kier alpha value is -2.23. The molecule has 1 aliphatic carbocycles. The van der Waals surface area contributed by atoms with Crippen molar-refractivity contribution in [3.8, 4) is 5.75 Å². The summed E-state index contributed by atoms with van der Waals surface area (Å²) in [5.74, 6) is -2.16. The van der Waals surface area contributed by atoms with Gasteiger partial charge >= 0.3 is 4.87 Å². The maximum Gasteiger partial charge on any atom is 0.305 e. The second-order valence-electron chi connectivity index (χ2n) is 8.99. The Labute approximate surface area is 197 Å². The predicted octanol–water partition coefficient (Wildman–Crippen LogP) is 2.77. The van der Waals surface area contributed by atoms with E-state index in [0.29, 0.717) is 34.8 Å². The number of aliphatic hydroxyl groups is 2. The van der Waals surface area contributed by atoms with Gasteiger partial charge in [-0.25, -0.2) is 0 Å². The monoisotopic (exact) mass is 471 g/mol. The zero-order valence-corrected chi connectivity index (χ0v) is 19.6. The Kier molecular flexibility index (Phi) is 7.82. The fraction of sp³-hybridized carbons (Fsp3) is 0.480.